The third-order valence-electron chi connectivity index (χ3n) is 5.66. The number of aromatic amines is 1. The van der Waals surface area contributed by atoms with E-state index in [4.69, 9.17) is 0 Å². The molecular formula is C23H27FN4O3. The number of H-pyrrole nitrogens is 1. The summed E-state index contributed by atoms with van der Waals surface area (Å²) in [7, 11) is 0. The van der Waals surface area contributed by atoms with Gasteiger partial charge in [0, 0.05) is 30.0 Å². The fourth-order valence-corrected chi connectivity index (χ4v) is 3.89. The van der Waals surface area contributed by atoms with Crippen LogP contribution in [-0.4, -0.2) is 54.3 Å². The van der Waals surface area contributed by atoms with E-state index in [9.17, 15) is 18.8 Å². The number of carbonyl (C=O) groups excluding carboxylic acids is 3. The van der Waals surface area contributed by atoms with Crippen LogP contribution in [0.5, 0.6) is 0 Å². The Morgan fingerprint density at radius 3 is 2.61 bits per heavy atom. The van der Waals surface area contributed by atoms with Crippen LogP contribution in [-0.2, 0) is 9.59 Å². The molecule has 0 aliphatic carbocycles. The van der Waals surface area contributed by atoms with Gasteiger partial charge in [0.25, 0.3) is 11.8 Å². The van der Waals surface area contributed by atoms with Crippen molar-refractivity contribution in [2.24, 2.45) is 0 Å². The molecule has 1 aliphatic rings. The van der Waals surface area contributed by atoms with E-state index in [1.54, 1.807) is 19.9 Å². The first-order valence-corrected chi connectivity index (χ1v) is 10.3. The van der Waals surface area contributed by atoms with Gasteiger partial charge in [-0.05, 0) is 56.8 Å². The smallest absolute Gasteiger partial charge is 0.265 e. The lowest BCUT2D eigenvalue weighted by Gasteiger charge is -2.18. The molecule has 0 saturated heterocycles. The van der Waals surface area contributed by atoms with E-state index in [0.717, 1.165) is 24.5 Å². The van der Waals surface area contributed by atoms with Crippen LogP contribution in [0.2, 0.25) is 0 Å². The molecule has 2 heterocycles. The second-order valence-electron chi connectivity index (χ2n) is 7.45. The molecule has 31 heavy (non-hydrogen) atoms. The predicted octanol–water partition coefficient (Wildman–Crippen LogP) is 2.89. The standard InChI is InChI=1S/C23H27FN4O3/c1-5-27(6-2)10-9-25-22(30)21-14(3)19(26-15(21)4)12-18-17-11-16(24)7-8-20(17)28(13-29)23(18)31/h7-8,11-13,26H,5-6,9-10H2,1-4H3,(H,25,30)/b18-12-. The van der Waals surface area contributed by atoms with Crippen LogP contribution >= 0.6 is 0 Å². The van der Waals surface area contributed by atoms with E-state index in [-0.39, 0.29) is 11.5 Å². The summed E-state index contributed by atoms with van der Waals surface area (Å²) >= 11 is 0. The molecule has 1 aliphatic heterocycles. The molecule has 164 valence electrons. The number of nitrogens with one attached hydrogen (secondary N) is 2. The molecule has 3 rings (SSSR count). The van der Waals surface area contributed by atoms with Gasteiger partial charge >= 0.3 is 0 Å². The Balaban J connectivity index is 1.90. The molecule has 7 nitrogen and oxygen atoms in total. The van der Waals surface area contributed by atoms with Gasteiger partial charge in [0.2, 0.25) is 6.41 Å². The van der Waals surface area contributed by atoms with Crippen molar-refractivity contribution in [3.63, 3.8) is 0 Å². The van der Waals surface area contributed by atoms with Crippen LogP contribution in [0.4, 0.5) is 10.1 Å². The Labute approximate surface area is 180 Å². The predicted molar refractivity (Wildman–Crippen MR) is 118 cm³/mol. The number of anilines is 1. The highest BCUT2D eigenvalue weighted by Gasteiger charge is 2.33. The van der Waals surface area contributed by atoms with Crippen LogP contribution in [0.25, 0.3) is 11.6 Å². The van der Waals surface area contributed by atoms with E-state index < -0.39 is 11.7 Å². The maximum atomic E-state index is 13.8. The van der Waals surface area contributed by atoms with Crippen LogP contribution in [0.1, 0.15) is 46.7 Å². The lowest BCUT2D eigenvalue weighted by atomic mass is 10.0. The van der Waals surface area contributed by atoms with Crippen molar-refractivity contribution in [1.29, 1.82) is 0 Å². The second-order valence-corrected chi connectivity index (χ2v) is 7.45. The summed E-state index contributed by atoms with van der Waals surface area (Å²) in [4.78, 5) is 43.2. The lowest BCUT2D eigenvalue weighted by Crippen LogP contribution is -2.35. The molecule has 0 bridgehead atoms. The first kappa shape index (κ1) is 22.4. The molecule has 3 amide bonds. The maximum Gasteiger partial charge on any atom is 0.265 e. The van der Waals surface area contributed by atoms with E-state index in [1.807, 2.05) is 0 Å². The van der Waals surface area contributed by atoms with Crippen molar-refractivity contribution < 1.29 is 18.8 Å². The summed E-state index contributed by atoms with van der Waals surface area (Å²) in [5.74, 6) is -1.23. The second kappa shape index (κ2) is 9.26. The van der Waals surface area contributed by atoms with E-state index in [1.165, 1.54) is 18.2 Å². The van der Waals surface area contributed by atoms with Crippen molar-refractivity contribution in [1.82, 2.24) is 15.2 Å². The number of carbonyl (C=O) groups is 3. The number of rotatable bonds is 8. The molecule has 0 fully saturated rings. The van der Waals surface area contributed by atoms with Gasteiger partial charge in [-0.15, -0.1) is 0 Å². The molecule has 0 spiro atoms. The number of likely N-dealkylation sites (N-methyl/N-ethyl adjacent to an activating group) is 1. The molecular weight excluding hydrogens is 399 g/mol. The summed E-state index contributed by atoms with van der Waals surface area (Å²) in [5, 5.41) is 2.94. The zero-order valence-corrected chi connectivity index (χ0v) is 18.2. The zero-order valence-electron chi connectivity index (χ0n) is 18.2. The van der Waals surface area contributed by atoms with Crippen LogP contribution in [0.3, 0.4) is 0 Å². The first-order valence-electron chi connectivity index (χ1n) is 10.3. The van der Waals surface area contributed by atoms with Gasteiger partial charge in [0.15, 0.2) is 0 Å². The van der Waals surface area contributed by atoms with Gasteiger partial charge in [-0.3, -0.25) is 14.4 Å². The summed E-state index contributed by atoms with van der Waals surface area (Å²) in [6.07, 6.45) is 1.99. The largest absolute Gasteiger partial charge is 0.358 e. The number of imide groups is 1. The summed E-state index contributed by atoms with van der Waals surface area (Å²) in [5.41, 5.74) is 3.31. The third kappa shape index (κ3) is 4.29. The summed E-state index contributed by atoms with van der Waals surface area (Å²) < 4.78 is 13.8. The number of benzene rings is 1. The normalized spacial score (nSPS) is 14.5. The minimum Gasteiger partial charge on any atom is -0.358 e. The fraction of sp³-hybridized carbons (Fsp3) is 0.348. The van der Waals surface area contributed by atoms with E-state index in [2.05, 4.69) is 29.0 Å². The monoisotopic (exact) mass is 426 g/mol. The van der Waals surface area contributed by atoms with Gasteiger partial charge in [-0.2, -0.15) is 0 Å². The lowest BCUT2D eigenvalue weighted by molar-refractivity contribution is -0.117. The molecule has 0 unspecified atom stereocenters. The highest BCUT2D eigenvalue weighted by atomic mass is 19.1. The van der Waals surface area contributed by atoms with Crippen molar-refractivity contribution >= 4 is 35.6 Å². The van der Waals surface area contributed by atoms with Crippen LogP contribution in [0, 0.1) is 19.7 Å². The maximum absolute atomic E-state index is 13.8. The van der Waals surface area contributed by atoms with Crippen molar-refractivity contribution in [3.8, 4) is 0 Å². The highest BCUT2D eigenvalue weighted by molar-refractivity contribution is 6.40. The Hall–Kier alpha value is -3.26. The molecule has 0 radical (unpaired) electrons. The molecule has 0 atom stereocenters. The Morgan fingerprint density at radius 1 is 1.26 bits per heavy atom. The molecule has 0 saturated carbocycles. The Kier molecular flexibility index (Phi) is 6.70. The molecule has 1 aromatic heterocycles. The topological polar surface area (TPSA) is 85.5 Å². The van der Waals surface area contributed by atoms with Gasteiger partial charge in [0.05, 0.1) is 16.8 Å². The minimum atomic E-state index is -0.535. The number of aryl methyl sites for hydroxylation is 1. The summed E-state index contributed by atoms with van der Waals surface area (Å²) in [6, 6.07) is 3.84. The Morgan fingerprint density at radius 2 is 1.97 bits per heavy atom. The number of aromatic nitrogens is 1. The van der Waals surface area contributed by atoms with Crippen LogP contribution in [0.15, 0.2) is 18.2 Å². The number of halogens is 1. The SMILES string of the molecule is CCN(CC)CCNC(=O)c1c(C)[nH]c(/C=C2\C(=O)N(C=O)c3ccc(F)cc32)c1C. The van der Waals surface area contributed by atoms with Gasteiger partial charge in [0.1, 0.15) is 5.82 Å². The highest BCUT2D eigenvalue weighted by Crippen LogP contribution is 2.37. The van der Waals surface area contributed by atoms with Gasteiger partial charge in [-0.1, -0.05) is 13.8 Å². The average Bonchev–Trinajstić information content (AvgIpc) is 3.17. The minimum absolute atomic E-state index is 0.193. The van der Waals surface area contributed by atoms with Crippen molar-refractivity contribution in [3.05, 3.63) is 52.1 Å². The number of nitrogens with zero attached hydrogens (tertiary/aromatic N) is 2. The average molecular weight is 426 g/mol. The van der Waals surface area contributed by atoms with Crippen LogP contribution < -0.4 is 10.2 Å². The number of hydrogen-bond acceptors (Lipinski definition) is 4. The summed E-state index contributed by atoms with van der Waals surface area (Å²) in [6.45, 7) is 10.9. The quantitative estimate of drug-likeness (QED) is 0.502. The first-order chi connectivity index (χ1) is 14.8. The third-order valence-corrected chi connectivity index (χ3v) is 5.66. The number of hydrogen-bond donors (Lipinski definition) is 2. The molecule has 8 heteroatoms. The van der Waals surface area contributed by atoms with Gasteiger partial charge < -0.3 is 15.2 Å². The van der Waals surface area contributed by atoms with E-state index >= 15 is 0 Å². The Bertz CT molecular complexity index is 1050. The number of amides is 3. The van der Waals surface area contributed by atoms with Gasteiger partial charge in [-0.25, -0.2) is 9.29 Å². The van der Waals surface area contributed by atoms with Crippen molar-refractivity contribution in [2.75, 3.05) is 31.1 Å². The zero-order chi connectivity index (χ0) is 22.7. The fourth-order valence-electron chi connectivity index (χ4n) is 3.89. The van der Waals surface area contributed by atoms with E-state index in [0.29, 0.717) is 46.7 Å². The number of fused-ring (bicyclic) bond motifs is 1. The molecule has 2 N–H and O–H groups in total. The molecule has 1 aromatic carbocycles. The molecule has 2 aromatic rings. The van der Waals surface area contributed by atoms with Crippen molar-refractivity contribution in [2.45, 2.75) is 27.7 Å².